The van der Waals surface area contributed by atoms with Gasteiger partial charge in [0, 0.05) is 12.8 Å². The number of nitrogens with zero attached hydrogens (tertiary/aromatic N) is 1. The molecule has 0 amide bonds. The van der Waals surface area contributed by atoms with Crippen LogP contribution in [0.5, 0.6) is 0 Å². The second-order valence-corrected chi connectivity index (χ2v) is 16.1. The number of phosphoric ester groups is 1. The molecule has 53 heavy (non-hydrogen) atoms. The molecule has 0 rings (SSSR count). The smallest absolute Gasteiger partial charge is 0.306 e. The van der Waals surface area contributed by atoms with Crippen molar-refractivity contribution in [3.05, 3.63) is 60.8 Å². The zero-order valence-corrected chi connectivity index (χ0v) is 35.1. The highest BCUT2D eigenvalue weighted by atomic mass is 31.2. The number of likely N-dealkylation sites (N-methyl/N-ethyl adjacent to an activating group) is 1. The van der Waals surface area contributed by atoms with E-state index in [0.29, 0.717) is 23.9 Å². The van der Waals surface area contributed by atoms with Crippen LogP contribution in [0, 0.1) is 0 Å². The summed E-state index contributed by atoms with van der Waals surface area (Å²) in [5.41, 5.74) is 0. The zero-order valence-electron chi connectivity index (χ0n) is 34.2. The molecule has 0 aromatic rings. The van der Waals surface area contributed by atoms with Crippen molar-refractivity contribution in [3.8, 4) is 0 Å². The number of allylic oxidation sites excluding steroid dienone is 10. The zero-order chi connectivity index (χ0) is 39.3. The van der Waals surface area contributed by atoms with Crippen LogP contribution < -0.4 is 4.89 Å². The summed E-state index contributed by atoms with van der Waals surface area (Å²) in [6.07, 6.45) is 41.0. The average molecular weight is 766 g/mol. The van der Waals surface area contributed by atoms with E-state index < -0.39 is 32.5 Å². The van der Waals surface area contributed by atoms with Crippen molar-refractivity contribution in [3.63, 3.8) is 0 Å². The number of carbonyl (C=O) groups is 2. The van der Waals surface area contributed by atoms with E-state index in [-0.39, 0.29) is 26.1 Å². The summed E-state index contributed by atoms with van der Waals surface area (Å²) in [7, 11) is 1.12. The van der Waals surface area contributed by atoms with Crippen molar-refractivity contribution in [2.24, 2.45) is 0 Å². The van der Waals surface area contributed by atoms with Gasteiger partial charge >= 0.3 is 11.9 Å². The van der Waals surface area contributed by atoms with Crippen molar-refractivity contribution in [2.45, 2.75) is 155 Å². The average Bonchev–Trinajstić information content (AvgIpc) is 3.10. The molecule has 0 radical (unpaired) electrons. The predicted molar refractivity (Wildman–Crippen MR) is 217 cm³/mol. The van der Waals surface area contributed by atoms with Gasteiger partial charge in [-0.05, 0) is 77.0 Å². The summed E-state index contributed by atoms with van der Waals surface area (Å²) < 4.78 is 33.7. The van der Waals surface area contributed by atoms with Crippen LogP contribution in [0.1, 0.15) is 149 Å². The SMILES string of the molecule is CCCC/C=C\C/C=C\CCCCCCCC(=O)OC[C@H](COP(=O)([O-])OCC[N+](C)(C)C)OC(=O)CCCC/C=C\C/C=C\C/C=C\CCCCC. The molecule has 10 heteroatoms. The number of hydrogen-bond donors (Lipinski definition) is 0. The van der Waals surface area contributed by atoms with Gasteiger partial charge in [0.2, 0.25) is 0 Å². The van der Waals surface area contributed by atoms with E-state index in [9.17, 15) is 19.0 Å². The van der Waals surface area contributed by atoms with E-state index in [2.05, 4.69) is 74.6 Å². The third-order valence-corrected chi connectivity index (χ3v) is 9.22. The van der Waals surface area contributed by atoms with Gasteiger partial charge in [0.05, 0.1) is 27.7 Å². The first-order valence-electron chi connectivity index (χ1n) is 20.5. The number of hydrogen-bond acceptors (Lipinski definition) is 8. The molecule has 1 unspecified atom stereocenters. The maximum Gasteiger partial charge on any atom is 0.306 e. The van der Waals surface area contributed by atoms with Gasteiger partial charge in [-0.2, -0.15) is 0 Å². The molecule has 0 N–H and O–H groups in total. The summed E-state index contributed by atoms with van der Waals surface area (Å²) in [4.78, 5) is 37.4. The van der Waals surface area contributed by atoms with Crippen molar-refractivity contribution >= 4 is 19.8 Å². The minimum Gasteiger partial charge on any atom is -0.756 e. The lowest BCUT2D eigenvalue weighted by atomic mass is 10.1. The van der Waals surface area contributed by atoms with Crippen molar-refractivity contribution in [1.29, 1.82) is 0 Å². The lowest BCUT2D eigenvalue weighted by molar-refractivity contribution is -0.870. The van der Waals surface area contributed by atoms with Crippen LogP contribution in [0.25, 0.3) is 0 Å². The summed E-state index contributed by atoms with van der Waals surface area (Å²) in [6.45, 7) is 4.07. The molecule has 0 fully saturated rings. The van der Waals surface area contributed by atoms with Gasteiger partial charge in [-0.1, -0.05) is 120 Å². The van der Waals surface area contributed by atoms with Gasteiger partial charge in [0.1, 0.15) is 19.8 Å². The van der Waals surface area contributed by atoms with Gasteiger partial charge in [-0.25, -0.2) is 0 Å². The fourth-order valence-corrected chi connectivity index (χ4v) is 5.70. The Balaban J connectivity index is 4.51. The third kappa shape index (κ3) is 39.2. The van der Waals surface area contributed by atoms with Crippen LogP contribution in [-0.4, -0.2) is 70.0 Å². The van der Waals surface area contributed by atoms with Gasteiger partial charge in [0.15, 0.2) is 6.10 Å². The maximum atomic E-state index is 12.6. The van der Waals surface area contributed by atoms with Crippen molar-refractivity contribution in [1.82, 2.24) is 0 Å². The van der Waals surface area contributed by atoms with Gasteiger partial charge in [0.25, 0.3) is 7.82 Å². The fraction of sp³-hybridized carbons (Fsp3) is 0.721. The fourth-order valence-electron chi connectivity index (χ4n) is 4.97. The molecular weight excluding hydrogens is 689 g/mol. The third-order valence-electron chi connectivity index (χ3n) is 8.26. The van der Waals surface area contributed by atoms with Gasteiger partial charge in [-0.3, -0.25) is 14.2 Å². The standard InChI is InChI=1S/C43H76NO8P/c1-6-8-10-12-14-16-18-20-22-24-26-28-30-32-34-36-43(46)52-41(40-51-53(47,48)50-38-37-44(3,4)5)39-49-42(45)35-33-31-29-27-25-23-21-19-17-15-13-11-9-7-2/h13-16,19-22,26,28,41H,6-12,17-18,23-25,27,29-40H2,1-5H3/b15-13-,16-14-,21-19-,22-20-,28-26-/t41-/m1/s1. The molecule has 9 nitrogen and oxygen atoms in total. The Kier molecular flexibility index (Phi) is 33.9. The van der Waals surface area contributed by atoms with Crippen LogP contribution in [-0.2, 0) is 32.7 Å². The number of phosphoric acid groups is 1. The topological polar surface area (TPSA) is 111 Å². The van der Waals surface area contributed by atoms with Crippen LogP contribution in [0.3, 0.4) is 0 Å². The number of ether oxygens (including phenoxy) is 2. The molecule has 0 spiro atoms. The second-order valence-electron chi connectivity index (χ2n) is 14.6. The van der Waals surface area contributed by atoms with E-state index in [0.717, 1.165) is 77.0 Å². The number of unbranched alkanes of at least 4 members (excludes halogenated alkanes) is 12. The molecule has 0 saturated carbocycles. The minimum absolute atomic E-state index is 0.0432. The Morgan fingerprint density at radius 1 is 0.585 bits per heavy atom. The molecule has 0 saturated heterocycles. The first-order valence-corrected chi connectivity index (χ1v) is 22.0. The van der Waals surface area contributed by atoms with E-state index >= 15 is 0 Å². The molecule has 0 aliphatic rings. The summed E-state index contributed by atoms with van der Waals surface area (Å²) >= 11 is 0. The van der Waals surface area contributed by atoms with E-state index in [1.165, 1.54) is 32.1 Å². The minimum atomic E-state index is -4.64. The molecule has 0 aromatic heterocycles. The summed E-state index contributed by atoms with van der Waals surface area (Å²) in [5, 5.41) is 0. The van der Waals surface area contributed by atoms with Gasteiger partial charge < -0.3 is 27.9 Å². The van der Waals surface area contributed by atoms with Crippen molar-refractivity contribution in [2.75, 3.05) is 47.5 Å². The quantitative estimate of drug-likeness (QED) is 0.0204. The van der Waals surface area contributed by atoms with E-state index in [1.54, 1.807) is 0 Å². The lowest BCUT2D eigenvalue weighted by Gasteiger charge is -2.28. The highest BCUT2D eigenvalue weighted by Crippen LogP contribution is 2.38. The number of esters is 2. The molecule has 0 aliphatic heterocycles. The Morgan fingerprint density at radius 3 is 1.60 bits per heavy atom. The first-order chi connectivity index (χ1) is 25.5. The van der Waals surface area contributed by atoms with Crippen molar-refractivity contribution < 1.29 is 42.1 Å². The summed E-state index contributed by atoms with van der Waals surface area (Å²) in [5.74, 6) is -0.903. The first kappa shape index (κ1) is 50.7. The number of quaternary nitrogens is 1. The molecule has 0 aromatic carbocycles. The highest BCUT2D eigenvalue weighted by molar-refractivity contribution is 7.45. The number of carbonyl (C=O) groups excluding carboxylic acids is 2. The second kappa shape index (κ2) is 35.4. The molecular formula is C43H76NO8P. The number of rotatable bonds is 36. The molecule has 2 atom stereocenters. The molecule has 306 valence electrons. The Labute approximate surface area is 324 Å². The predicted octanol–water partition coefficient (Wildman–Crippen LogP) is 10.7. The van der Waals surface area contributed by atoms with E-state index in [4.69, 9.17) is 18.5 Å². The van der Waals surface area contributed by atoms with Crippen LogP contribution in [0.4, 0.5) is 0 Å². The molecule has 0 bridgehead atoms. The largest absolute Gasteiger partial charge is 0.756 e. The Hall–Kier alpha value is -2.29. The van der Waals surface area contributed by atoms with Crippen LogP contribution in [0.15, 0.2) is 60.8 Å². The van der Waals surface area contributed by atoms with Gasteiger partial charge in [-0.15, -0.1) is 0 Å². The summed E-state index contributed by atoms with van der Waals surface area (Å²) in [6, 6.07) is 0. The molecule has 0 aliphatic carbocycles. The maximum absolute atomic E-state index is 12.6. The van der Waals surface area contributed by atoms with Crippen LogP contribution in [0.2, 0.25) is 0 Å². The monoisotopic (exact) mass is 766 g/mol. The lowest BCUT2D eigenvalue weighted by Crippen LogP contribution is -2.37. The van der Waals surface area contributed by atoms with Crippen LogP contribution >= 0.6 is 7.82 Å². The highest BCUT2D eigenvalue weighted by Gasteiger charge is 2.21. The Bertz CT molecular complexity index is 1090. The normalized spacial score (nSPS) is 14.3. The Morgan fingerprint density at radius 2 is 1.04 bits per heavy atom. The molecule has 0 heterocycles. The van der Waals surface area contributed by atoms with E-state index in [1.807, 2.05) is 21.1 Å².